The fourth-order valence-corrected chi connectivity index (χ4v) is 2.91. The minimum atomic E-state index is 0.291. The van der Waals surface area contributed by atoms with E-state index in [-0.39, 0.29) is 0 Å². The molecule has 2 N–H and O–H groups in total. The van der Waals surface area contributed by atoms with E-state index in [0.717, 1.165) is 57.3 Å². The smallest absolute Gasteiger partial charge is 0.191 e. The van der Waals surface area contributed by atoms with Gasteiger partial charge in [-0.3, -0.25) is 9.67 Å². The molecule has 0 bridgehead atoms. The van der Waals surface area contributed by atoms with Crippen LogP contribution in [-0.4, -0.2) is 73.6 Å². The SMILES string of the molecule is CCNC(=NCCCN(C)CCOC)NC(C)Cc1c(C)nn(C)c1C. The zero-order valence-electron chi connectivity index (χ0n) is 17.7. The number of aromatic nitrogens is 2. The first-order valence-electron chi connectivity index (χ1n) is 9.60. The number of methoxy groups -OCH3 is 1. The summed E-state index contributed by atoms with van der Waals surface area (Å²) < 4.78 is 7.06. The predicted molar refractivity (Wildman–Crippen MR) is 109 cm³/mol. The van der Waals surface area contributed by atoms with Crippen LogP contribution < -0.4 is 10.6 Å². The monoisotopic (exact) mass is 366 g/mol. The van der Waals surface area contributed by atoms with E-state index in [4.69, 9.17) is 9.73 Å². The van der Waals surface area contributed by atoms with Crippen LogP contribution in [0.2, 0.25) is 0 Å². The van der Waals surface area contributed by atoms with Crippen LogP contribution in [0.1, 0.15) is 37.2 Å². The van der Waals surface area contributed by atoms with Crippen LogP contribution >= 0.6 is 0 Å². The highest BCUT2D eigenvalue weighted by Gasteiger charge is 2.13. The number of hydrogen-bond acceptors (Lipinski definition) is 4. The number of guanidine groups is 1. The Hall–Kier alpha value is -1.60. The first-order chi connectivity index (χ1) is 12.4. The normalized spacial score (nSPS) is 13.3. The summed E-state index contributed by atoms with van der Waals surface area (Å²) in [5.41, 5.74) is 3.67. The van der Waals surface area contributed by atoms with Gasteiger partial charge in [-0.15, -0.1) is 0 Å². The second-order valence-corrected chi connectivity index (χ2v) is 6.93. The van der Waals surface area contributed by atoms with E-state index in [9.17, 15) is 0 Å². The third-order valence-corrected chi connectivity index (χ3v) is 4.54. The molecule has 0 aromatic carbocycles. The summed E-state index contributed by atoms with van der Waals surface area (Å²) in [6.45, 7) is 12.9. The predicted octanol–water partition coefficient (Wildman–Crippen LogP) is 1.49. The van der Waals surface area contributed by atoms with Crippen molar-refractivity contribution in [2.75, 3.05) is 46.9 Å². The van der Waals surface area contributed by atoms with Gasteiger partial charge in [-0.05, 0) is 59.7 Å². The van der Waals surface area contributed by atoms with Crippen molar-refractivity contribution in [3.63, 3.8) is 0 Å². The molecule has 1 heterocycles. The van der Waals surface area contributed by atoms with Gasteiger partial charge in [0.15, 0.2) is 5.96 Å². The summed E-state index contributed by atoms with van der Waals surface area (Å²) in [6, 6.07) is 0.291. The molecule has 26 heavy (non-hydrogen) atoms. The molecule has 1 unspecified atom stereocenters. The molecule has 1 aromatic rings. The maximum absolute atomic E-state index is 5.10. The lowest BCUT2D eigenvalue weighted by atomic mass is 10.1. The highest BCUT2D eigenvalue weighted by molar-refractivity contribution is 5.80. The third kappa shape index (κ3) is 7.74. The maximum Gasteiger partial charge on any atom is 0.191 e. The number of aliphatic imine (C=N–C) groups is 1. The van der Waals surface area contributed by atoms with Crippen molar-refractivity contribution in [2.24, 2.45) is 12.0 Å². The lowest BCUT2D eigenvalue weighted by Gasteiger charge is -2.19. The van der Waals surface area contributed by atoms with Crippen LogP contribution in [0.3, 0.4) is 0 Å². The Morgan fingerprint density at radius 2 is 2.08 bits per heavy atom. The molecule has 7 nitrogen and oxygen atoms in total. The lowest BCUT2D eigenvalue weighted by Crippen LogP contribution is -2.43. The highest BCUT2D eigenvalue weighted by atomic mass is 16.5. The largest absolute Gasteiger partial charge is 0.383 e. The Labute approximate surface area is 159 Å². The Morgan fingerprint density at radius 3 is 2.65 bits per heavy atom. The van der Waals surface area contributed by atoms with Gasteiger partial charge in [0.1, 0.15) is 0 Å². The summed E-state index contributed by atoms with van der Waals surface area (Å²) in [4.78, 5) is 6.99. The van der Waals surface area contributed by atoms with Gasteiger partial charge in [-0.25, -0.2) is 0 Å². The molecule has 0 saturated heterocycles. The molecule has 0 amide bonds. The van der Waals surface area contributed by atoms with E-state index in [2.05, 4.69) is 55.4 Å². The maximum atomic E-state index is 5.10. The number of aryl methyl sites for hydroxylation is 2. The summed E-state index contributed by atoms with van der Waals surface area (Å²) in [5.74, 6) is 0.888. The summed E-state index contributed by atoms with van der Waals surface area (Å²) in [6.07, 6.45) is 1.97. The van der Waals surface area contributed by atoms with Crippen LogP contribution in [0.4, 0.5) is 0 Å². The van der Waals surface area contributed by atoms with Crippen LogP contribution in [0.25, 0.3) is 0 Å². The quantitative estimate of drug-likeness (QED) is 0.353. The minimum absolute atomic E-state index is 0.291. The molecule has 1 aromatic heterocycles. The van der Waals surface area contributed by atoms with E-state index in [0.29, 0.717) is 6.04 Å². The molecular formula is C19H38N6O. The van der Waals surface area contributed by atoms with E-state index < -0.39 is 0 Å². The topological polar surface area (TPSA) is 66.7 Å². The fourth-order valence-electron chi connectivity index (χ4n) is 2.91. The molecule has 0 saturated carbocycles. The molecule has 0 aliphatic heterocycles. The van der Waals surface area contributed by atoms with Crippen molar-refractivity contribution < 1.29 is 4.74 Å². The zero-order valence-corrected chi connectivity index (χ0v) is 17.7. The highest BCUT2D eigenvalue weighted by Crippen LogP contribution is 2.14. The van der Waals surface area contributed by atoms with Gasteiger partial charge < -0.3 is 20.3 Å². The van der Waals surface area contributed by atoms with Crippen LogP contribution in [0.5, 0.6) is 0 Å². The van der Waals surface area contributed by atoms with Crippen molar-refractivity contribution in [1.82, 2.24) is 25.3 Å². The summed E-state index contributed by atoms with van der Waals surface area (Å²) in [5, 5.41) is 11.4. The van der Waals surface area contributed by atoms with Gasteiger partial charge in [-0.2, -0.15) is 5.10 Å². The van der Waals surface area contributed by atoms with Gasteiger partial charge in [0.05, 0.1) is 12.3 Å². The molecule has 1 rings (SSSR count). The Kier molecular flexibility index (Phi) is 10.3. The van der Waals surface area contributed by atoms with E-state index in [1.807, 2.05) is 11.7 Å². The summed E-state index contributed by atoms with van der Waals surface area (Å²) in [7, 11) is 5.86. The number of nitrogens with zero attached hydrogens (tertiary/aromatic N) is 4. The van der Waals surface area contributed by atoms with Gasteiger partial charge in [0, 0.05) is 45.5 Å². The van der Waals surface area contributed by atoms with Gasteiger partial charge >= 0.3 is 0 Å². The van der Waals surface area contributed by atoms with Gasteiger partial charge in [0.25, 0.3) is 0 Å². The molecule has 0 radical (unpaired) electrons. The Morgan fingerprint density at radius 1 is 1.35 bits per heavy atom. The van der Waals surface area contributed by atoms with Crippen LogP contribution in [0.15, 0.2) is 4.99 Å². The van der Waals surface area contributed by atoms with Gasteiger partial charge in [-0.1, -0.05) is 0 Å². The van der Waals surface area contributed by atoms with Crippen LogP contribution in [0, 0.1) is 13.8 Å². The van der Waals surface area contributed by atoms with E-state index >= 15 is 0 Å². The fraction of sp³-hybridized carbons (Fsp3) is 0.789. The summed E-state index contributed by atoms with van der Waals surface area (Å²) >= 11 is 0. The first-order valence-corrected chi connectivity index (χ1v) is 9.60. The molecule has 0 spiro atoms. The molecule has 150 valence electrons. The number of ether oxygens (including phenoxy) is 1. The molecule has 7 heteroatoms. The third-order valence-electron chi connectivity index (χ3n) is 4.54. The molecule has 1 atom stereocenters. The lowest BCUT2D eigenvalue weighted by molar-refractivity contribution is 0.161. The average Bonchev–Trinajstić information content (AvgIpc) is 2.83. The Bertz CT molecular complexity index is 554. The first kappa shape index (κ1) is 22.4. The van der Waals surface area contributed by atoms with Crippen molar-refractivity contribution >= 4 is 5.96 Å². The number of nitrogens with one attached hydrogen (secondary N) is 2. The van der Waals surface area contributed by atoms with Crippen molar-refractivity contribution in [1.29, 1.82) is 0 Å². The molecule has 0 aliphatic rings. The van der Waals surface area contributed by atoms with E-state index in [1.54, 1.807) is 7.11 Å². The number of likely N-dealkylation sites (N-methyl/N-ethyl adjacent to an activating group) is 1. The van der Waals surface area contributed by atoms with Crippen molar-refractivity contribution in [3.8, 4) is 0 Å². The second kappa shape index (κ2) is 11.9. The Balaban J connectivity index is 2.50. The standard InChI is InChI=1S/C19H38N6O/c1-8-20-19(21-10-9-11-24(5)12-13-26-7)22-15(2)14-18-16(3)23-25(6)17(18)4/h15H,8-14H2,1-7H3,(H2,20,21,22). The van der Waals surface area contributed by atoms with Crippen LogP contribution in [-0.2, 0) is 18.2 Å². The minimum Gasteiger partial charge on any atom is -0.383 e. The molecule has 0 fully saturated rings. The van der Waals surface area contributed by atoms with Crippen molar-refractivity contribution in [3.05, 3.63) is 17.0 Å². The molecule has 0 aliphatic carbocycles. The second-order valence-electron chi connectivity index (χ2n) is 6.93. The molecular weight excluding hydrogens is 328 g/mol. The number of hydrogen-bond donors (Lipinski definition) is 2. The van der Waals surface area contributed by atoms with Crippen molar-refractivity contribution in [2.45, 2.75) is 46.6 Å². The van der Waals surface area contributed by atoms with Gasteiger partial charge in [0.2, 0.25) is 0 Å². The zero-order chi connectivity index (χ0) is 19.5. The average molecular weight is 367 g/mol. The number of rotatable bonds is 11. The van der Waals surface area contributed by atoms with E-state index in [1.165, 1.54) is 11.3 Å².